The lowest BCUT2D eigenvalue weighted by Crippen LogP contribution is -1.85. The summed E-state index contributed by atoms with van der Waals surface area (Å²) in [5.74, 6) is 0. The SMILES string of the molecule is CC.CC(F)c1ccc(-c2ccccc2)cc1. The summed E-state index contributed by atoms with van der Waals surface area (Å²) in [5.41, 5.74) is 3.02. The molecule has 0 saturated carbocycles. The Kier molecular flexibility index (Phi) is 5.41. The summed E-state index contributed by atoms with van der Waals surface area (Å²) in [6.45, 7) is 5.55. The molecule has 2 rings (SSSR count). The molecule has 0 heterocycles. The Hall–Kier alpha value is -1.63. The summed E-state index contributed by atoms with van der Waals surface area (Å²) in [5, 5.41) is 0. The van der Waals surface area contributed by atoms with E-state index in [-0.39, 0.29) is 0 Å². The van der Waals surface area contributed by atoms with Gasteiger partial charge in [0, 0.05) is 0 Å². The van der Waals surface area contributed by atoms with Crippen LogP contribution in [0.15, 0.2) is 54.6 Å². The monoisotopic (exact) mass is 230 g/mol. The summed E-state index contributed by atoms with van der Waals surface area (Å²) in [7, 11) is 0. The largest absolute Gasteiger partial charge is 0.243 e. The maximum absolute atomic E-state index is 13.0. The van der Waals surface area contributed by atoms with Gasteiger partial charge in [-0.05, 0) is 23.6 Å². The molecule has 1 unspecified atom stereocenters. The number of rotatable bonds is 2. The molecule has 1 atom stereocenters. The Morgan fingerprint density at radius 1 is 0.765 bits per heavy atom. The molecule has 0 aliphatic carbocycles. The van der Waals surface area contributed by atoms with Gasteiger partial charge in [-0.15, -0.1) is 0 Å². The van der Waals surface area contributed by atoms with Crippen molar-refractivity contribution in [1.29, 1.82) is 0 Å². The summed E-state index contributed by atoms with van der Waals surface area (Å²) in [4.78, 5) is 0. The highest BCUT2D eigenvalue weighted by Gasteiger charge is 2.02. The van der Waals surface area contributed by atoms with E-state index in [1.807, 2.05) is 68.4 Å². The first-order valence-corrected chi connectivity index (χ1v) is 6.07. The van der Waals surface area contributed by atoms with Gasteiger partial charge in [-0.2, -0.15) is 0 Å². The molecule has 17 heavy (non-hydrogen) atoms. The molecule has 0 aromatic heterocycles. The third-order valence-electron chi connectivity index (χ3n) is 2.48. The molecule has 0 bridgehead atoms. The van der Waals surface area contributed by atoms with Gasteiger partial charge in [0.1, 0.15) is 6.17 Å². The molecular weight excluding hydrogens is 211 g/mol. The maximum atomic E-state index is 13.0. The van der Waals surface area contributed by atoms with Gasteiger partial charge >= 0.3 is 0 Å². The van der Waals surface area contributed by atoms with Crippen LogP contribution in [0.25, 0.3) is 11.1 Å². The van der Waals surface area contributed by atoms with Crippen LogP contribution >= 0.6 is 0 Å². The van der Waals surface area contributed by atoms with Crippen molar-refractivity contribution >= 4 is 0 Å². The molecular formula is C16H19F. The van der Waals surface area contributed by atoms with Crippen LogP contribution in [-0.2, 0) is 0 Å². The number of benzene rings is 2. The van der Waals surface area contributed by atoms with Gasteiger partial charge in [-0.3, -0.25) is 0 Å². The molecule has 0 aliphatic heterocycles. The predicted octanol–water partition coefficient (Wildman–Crippen LogP) is 5.41. The lowest BCUT2D eigenvalue weighted by atomic mass is 10.0. The quantitative estimate of drug-likeness (QED) is 0.647. The number of alkyl halides is 1. The highest BCUT2D eigenvalue weighted by molar-refractivity contribution is 5.63. The first kappa shape index (κ1) is 13.4. The van der Waals surface area contributed by atoms with Crippen LogP contribution in [0.4, 0.5) is 4.39 Å². The highest BCUT2D eigenvalue weighted by Crippen LogP contribution is 2.22. The van der Waals surface area contributed by atoms with Gasteiger partial charge in [-0.1, -0.05) is 68.4 Å². The van der Waals surface area contributed by atoms with E-state index in [1.54, 1.807) is 6.92 Å². The first-order valence-electron chi connectivity index (χ1n) is 6.07. The Bertz CT molecular complexity index is 415. The average Bonchev–Trinajstić information content (AvgIpc) is 2.42. The Balaban J connectivity index is 0.000000686. The molecule has 0 aliphatic rings. The predicted molar refractivity (Wildman–Crippen MR) is 72.7 cm³/mol. The lowest BCUT2D eigenvalue weighted by Gasteiger charge is -2.04. The van der Waals surface area contributed by atoms with Crippen LogP contribution in [0.3, 0.4) is 0 Å². The van der Waals surface area contributed by atoms with Gasteiger partial charge in [0.2, 0.25) is 0 Å². The number of hydrogen-bond donors (Lipinski definition) is 0. The van der Waals surface area contributed by atoms with Crippen molar-refractivity contribution in [3.8, 4) is 11.1 Å². The second-order valence-electron chi connectivity index (χ2n) is 3.60. The van der Waals surface area contributed by atoms with Crippen molar-refractivity contribution < 1.29 is 4.39 Å². The Labute approximate surface area is 103 Å². The molecule has 0 nitrogen and oxygen atoms in total. The van der Waals surface area contributed by atoms with E-state index >= 15 is 0 Å². The minimum absolute atomic E-state index is 0.731. The van der Waals surface area contributed by atoms with Crippen LogP contribution in [0, 0.1) is 0 Å². The van der Waals surface area contributed by atoms with E-state index in [2.05, 4.69) is 0 Å². The topological polar surface area (TPSA) is 0 Å². The first-order chi connectivity index (χ1) is 8.27. The molecule has 2 aromatic carbocycles. The second kappa shape index (κ2) is 6.85. The van der Waals surface area contributed by atoms with Gasteiger partial charge in [-0.25, -0.2) is 4.39 Å². The van der Waals surface area contributed by atoms with Crippen LogP contribution in [0.2, 0.25) is 0 Å². The molecule has 0 saturated heterocycles. The molecule has 0 spiro atoms. The summed E-state index contributed by atoms with van der Waals surface area (Å²) < 4.78 is 13.0. The molecule has 90 valence electrons. The van der Waals surface area contributed by atoms with Crippen LogP contribution in [0.5, 0.6) is 0 Å². The van der Waals surface area contributed by atoms with E-state index in [0.717, 1.165) is 16.7 Å². The smallest absolute Gasteiger partial charge is 0.122 e. The van der Waals surface area contributed by atoms with E-state index in [4.69, 9.17) is 0 Å². The van der Waals surface area contributed by atoms with Crippen molar-refractivity contribution in [3.63, 3.8) is 0 Å². The minimum Gasteiger partial charge on any atom is -0.243 e. The minimum atomic E-state index is -0.894. The van der Waals surface area contributed by atoms with Gasteiger partial charge in [0.25, 0.3) is 0 Å². The molecule has 0 amide bonds. The summed E-state index contributed by atoms with van der Waals surface area (Å²) in [6.07, 6.45) is -0.894. The number of halogens is 1. The molecule has 0 fully saturated rings. The van der Waals surface area contributed by atoms with E-state index in [0.29, 0.717) is 0 Å². The van der Waals surface area contributed by atoms with Crippen LogP contribution in [0.1, 0.15) is 32.5 Å². The normalized spacial score (nSPS) is 11.3. The van der Waals surface area contributed by atoms with Crippen LogP contribution < -0.4 is 0 Å². The second-order valence-corrected chi connectivity index (χ2v) is 3.60. The van der Waals surface area contributed by atoms with Gasteiger partial charge < -0.3 is 0 Å². The zero-order valence-corrected chi connectivity index (χ0v) is 10.7. The standard InChI is InChI=1S/C14H13F.C2H6/c1-11(15)12-7-9-14(10-8-12)13-5-3-2-4-6-13;1-2/h2-11H,1H3;1-2H3. The van der Waals surface area contributed by atoms with Gasteiger partial charge in [0.05, 0.1) is 0 Å². The fraction of sp³-hybridized carbons (Fsp3) is 0.250. The zero-order valence-electron chi connectivity index (χ0n) is 10.7. The third-order valence-corrected chi connectivity index (χ3v) is 2.48. The zero-order chi connectivity index (χ0) is 12.7. The summed E-state index contributed by atoms with van der Waals surface area (Å²) >= 11 is 0. The van der Waals surface area contributed by atoms with E-state index in [9.17, 15) is 4.39 Å². The molecule has 0 radical (unpaired) electrons. The van der Waals surface area contributed by atoms with Crippen LogP contribution in [-0.4, -0.2) is 0 Å². The lowest BCUT2D eigenvalue weighted by molar-refractivity contribution is 0.374. The number of hydrogen-bond acceptors (Lipinski definition) is 0. The molecule has 0 N–H and O–H groups in total. The fourth-order valence-electron chi connectivity index (χ4n) is 1.57. The molecule has 2 aromatic rings. The van der Waals surface area contributed by atoms with E-state index in [1.165, 1.54) is 0 Å². The highest BCUT2D eigenvalue weighted by atomic mass is 19.1. The Morgan fingerprint density at radius 3 is 1.71 bits per heavy atom. The van der Waals surface area contributed by atoms with E-state index < -0.39 is 6.17 Å². The van der Waals surface area contributed by atoms with Crippen molar-refractivity contribution in [3.05, 3.63) is 60.2 Å². The van der Waals surface area contributed by atoms with Gasteiger partial charge in [0.15, 0.2) is 0 Å². The van der Waals surface area contributed by atoms with Crippen molar-refractivity contribution in [1.82, 2.24) is 0 Å². The van der Waals surface area contributed by atoms with Crippen molar-refractivity contribution in [2.75, 3.05) is 0 Å². The van der Waals surface area contributed by atoms with Crippen molar-refractivity contribution in [2.24, 2.45) is 0 Å². The molecule has 1 heteroatoms. The average molecular weight is 230 g/mol. The third kappa shape index (κ3) is 3.70. The Morgan fingerprint density at radius 2 is 1.24 bits per heavy atom. The maximum Gasteiger partial charge on any atom is 0.122 e. The summed E-state index contributed by atoms with van der Waals surface area (Å²) in [6, 6.07) is 17.7. The van der Waals surface area contributed by atoms with Crippen molar-refractivity contribution in [2.45, 2.75) is 26.9 Å². The fourth-order valence-corrected chi connectivity index (χ4v) is 1.57.